The number of hydrogen-bond donors (Lipinski definition) is 1. The molecule has 2 aliphatic carbocycles. The fourth-order valence-electron chi connectivity index (χ4n) is 3.20. The van der Waals surface area contributed by atoms with Gasteiger partial charge in [-0.25, -0.2) is 0 Å². The molecule has 1 aromatic rings. The average molecular weight is 243 g/mol. The van der Waals surface area contributed by atoms with E-state index >= 15 is 0 Å². The molecular weight excluding hydrogens is 222 g/mol. The Balaban J connectivity index is 1.42. The molecule has 0 saturated heterocycles. The van der Waals surface area contributed by atoms with Gasteiger partial charge >= 0.3 is 0 Å². The van der Waals surface area contributed by atoms with Crippen LogP contribution < -0.4 is 10.1 Å². The van der Waals surface area contributed by atoms with Crippen molar-refractivity contribution < 1.29 is 4.74 Å². The highest BCUT2D eigenvalue weighted by atomic mass is 16.5. The summed E-state index contributed by atoms with van der Waals surface area (Å²) in [6, 6.07) is 9.41. The quantitative estimate of drug-likeness (QED) is 0.858. The summed E-state index contributed by atoms with van der Waals surface area (Å²) in [7, 11) is 0. The van der Waals surface area contributed by atoms with Crippen LogP contribution in [0.25, 0.3) is 0 Å². The van der Waals surface area contributed by atoms with Crippen molar-refractivity contribution in [2.75, 3.05) is 13.2 Å². The van der Waals surface area contributed by atoms with Crippen molar-refractivity contribution in [1.29, 1.82) is 0 Å². The monoisotopic (exact) mass is 243 g/mol. The highest BCUT2D eigenvalue weighted by Crippen LogP contribution is 2.53. The van der Waals surface area contributed by atoms with Crippen molar-refractivity contribution in [3.8, 4) is 5.75 Å². The predicted molar refractivity (Wildman–Crippen MR) is 72.0 cm³/mol. The third kappa shape index (κ3) is 2.03. The second-order valence-corrected chi connectivity index (χ2v) is 6.41. The van der Waals surface area contributed by atoms with Crippen molar-refractivity contribution in [2.24, 2.45) is 5.41 Å². The van der Waals surface area contributed by atoms with Gasteiger partial charge in [-0.3, -0.25) is 0 Å². The van der Waals surface area contributed by atoms with E-state index in [1.54, 1.807) is 0 Å². The zero-order chi connectivity index (χ0) is 12.0. The lowest BCUT2D eigenvalue weighted by Gasteiger charge is -2.19. The Bertz CT molecular complexity index is 448. The number of ether oxygens (including phenoxy) is 1. The minimum atomic E-state index is 0.591. The summed E-state index contributed by atoms with van der Waals surface area (Å²) in [6.45, 7) is 2.13. The largest absolute Gasteiger partial charge is 0.493 e. The Hall–Kier alpha value is -1.02. The maximum absolute atomic E-state index is 5.80. The van der Waals surface area contributed by atoms with E-state index in [2.05, 4.69) is 29.6 Å². The lowest BCUT2D eigenvalue weighted by Crippen LogP contribution is -2.27. The fourth-order valence-corrected chi connectivity index (χ4v) is 3.20. The third-order valence-electron chi connectivity index (χ3n) is 4.78. The molecule has 2 heteroatoms. The van der Waals surface area contributed by atoms with Crippen LogP contribution in [0.4, 0.5) is 0 Å². The predicted octanol–water partition coefficient (Wildman–Crippen LogP) is 3.08. The standard InChI is InChI=1S/C16H21NO/c1-2-4-15-14(3-1)12(10-18-15)9-16(7-8-16)11-17-13-5-6-13/h1-4,12-13,17H,5-11H2. The van der Waals surface area contributed by atoms with Crippen LogP contribution in [0.1, 0.15) is 43.6 Å². The van der Waals surface area contributed by atoms with E-state index < -0.39 is 0 Å². The third-order valence-corrected chi connectivity index (χ3v) is 4.78. The van der Waals surface area contributed by atoms with Crippen LogP contribution in [0, 0.1) is 5.41 Å². The smallest absolute Gasteiger partial charge is 0.122 e. The molecule has 4 rings (SSSR count). The molecule has 96 valence electrons. The lowest BCUT2D eigenvalue weighted by atomic mass is 9.88. The topological polar surface area (TPSA) is 21.3 Å². The van der Waals surface area contributed by atoms with Gasteiger partial charge in [-0.15, -0.1) is 0 Å². The summed E-state index contributed by atoms with van der Waals surface area (Å²) < 4.78 is 5.80. The van der Waals surface area contributed by atoms with Crippen LogP contribution in [0.2, 0.25) is 0 Å². The van der Waals surface area contributed by atoms with E-state index in [1.165, 1.54) is 44.2 Å². The Labute approximate surface area is 109 Å². The van der Waals surface area contributed by atoms with Crippen molar-refractivity contribution in [3.63, 3.8) is 0 Å². The van der Waals surface area contributed by atoms with Crippen molar-refractivity contribution in [1.82, 2.24) is 5.32 Å². The van der Waals surface area contributed by atoms with E-state index in [9.17, 15) is 0 Å². The first-order chi connectivity index (χ1) is 8.85. The molecule has 0 aromatic heterocycles. The zero-order valence-corrected chi connectivity index (χ0v) is 10.8. The number of fused-ring (bicyclic) bond motifs is 1. The molecule has 1 aromatic carbocycles. The van der Waals surface area contributed by atoms with Gasteiger partial charge in [0.2, 0.25) is 0 Å². The Morgan fingerprint density at radius 2 is 2.06 bits per heavy atom. The Kier molecular flexibility index (Phi) is 2.41. The summed E-state index contributed by atoms with van der Waals surface area (Å²) in [6.07, 6.45) is 6.91. The second kappa shape index (κ2) is 3.99. The van der Waals surface area contributed by atoms with Crippen molar-refractivity contribution >= 4 is 0 Å². The van der Waals surface area contributed by atoms with Crippen molar-refractivity contribution in [3.05, 3.63) is 29.8 Å². The van der Waals surface area contributed by atoms with Gasteiger partial charge < -0.3 is 10.1 Å². The molecule has 3 aliphatic rings. The normalized spacial score (nSPS) is 27.7. The highest BCUT2D eigenvalue weighted by Gasteiger charge is 2.46. The van der Waals surface area contributed by atoms with Gasteiger partial charge in [0.15, 0.2) is 0 Å². The molecule has 0 bridgehead atoms. The lowest BCUT2D eigenvalue weighted by molar-refractivity contribution is 0.295. The maximum Gasteiger partial charge on any atom is 0.122 e. The molecule has 18 heavy (non-hydrogen) atoms. The molecule has 1 atom stereocenters. The number of para-hydroxylation sites is 1. The number of rotatable bonds is 5. The van der Waals surface area contributed by atoms with E-state index in [0.717, 1.165) is 18.4 Å². The molecular formula is C16H21NO. The molecule has 0 spiro atoms. The van der Waals surface area contributed by atoms with E-state index in [1.807, 2.05) is 0 Å². The average Bonchev–Trinajstić information content (AvgIpc) is 3.29. The summed E-state index contributed by atoms with van der Waals surface area (Å²) in [5.41, 5.74) is 2.03. The molecule has 2 nitrogen and oxygen atoms in total. The minimum absolute atomic E-state index is 0.591. The van der Waals surface area contributed by atoms with Gasteiger partial charge in [0.1, 0.15) is 5.75 Å². The first-order valence-corrected chi connectivity index (χ1v) is 7.30. The maximum atomic E-state index is 5.80. The summed E-state index contributed by atoms with van der Waals surface area (Å²) in [5, 5.41) is 3.72. The van der Waals surface area contributed by atoms with Gasteiger partial charge in [0.05, 0.1) is 6.61 Å². The molecule has 1 N–H and O–H groups in total. The first kappa shape index (κ1) is 10.9. The van der Waals surface area contributed by atoms with Crippen LogP contribution in [0.5, 0.6) is 5.75 Å². The van der Waals surface area contributed by atoms with Gasteiger partial charge in [0.25, 0.3) is 0 Å². The summed E-state index contributed by atoms with van der Waals surface area (Å²) in [5.74, 6) is 1.75. The Morgan fingerprint density at radius 3 is 2.83 bits per heavy atom. The molecule has 1 heterocycles. The van der Waals surface area contributed by atoms with Gasteiger partial charge in [-0.1, -0.05) is 18.2 Å². The minimum Gasteiger partial charge on any atom is -0.493 e. The van der Waals surface area contributed by atoms with E-state index in [4.69, 9.17) is 4.74 Å². The number of hydrogen-bond acceptors (Lipinski definition) is 2. The second-order valence-electron chi connectivity index (χ2n) is 6.41. The Morgan fingerprint density at radius 1 is 1.22 bits per heavy atom. The van der Waals surface area contributed by atoms with Crippen LogP contribution in [-0.4, -0.2) is 19.2 Å². The zero-order valence-electron chi connectivity index (χ0n) is 10.8. The molecule has 2 fully saturated rings. The van der Waals surface area contributed by atoms with E-state index in [0.29, 0.717) is 11.3 Å². The number of benzene rings is 1. The van der Waals surface area contributed by atoms with Crippen LogP contribution in [0.15, 0.2) is 24.3 Å². The molecule has 2 saturated carbocycles. The van der Waals surface area contributed by atoms with Crippen LogP contribution in [-0.2, 0) is 0 Å². The van der Waals surface area contributed by atoms with Gasteiger partial charge in [-0.05, 0) is 43.6 Å². The van der Waals surface area contributed by atoms with Crippen molar-refractivity contribution in [2.45, 2.75) is 44.1 Å². The molecule has 0 radical (unpaired) electrons. The molecule has 1 unspecified atom stereocenters. The fraction of sp³-hybridized carbons (Fsp3) is 0.625. The summed E-state index contributed by atoms with van der Waals surface area (Å²) >= 11 is 0. The van der Waals surface area contributed by atoms with Crippen LogP contribution in [0.3, 0.4) is 0 Å². The highest BCUT2D eigenvalue weighted by molar-refractivity contribution is 5.39. The van der Waals surface area contributed by atoms with Gasteiger partial charge in [-0.2, -0.15) is 0 Å². The van der Waals surface area contributed by atoms with E-state index in [-0.39, 0.29) is 0 Å². The molecule has 1 aliphatic heterocycles. The van der Waals surface area contributed by atoms with Gasteiger partial charge in [0, 0.05) is 24.1 Å². The molecule has 0 amide bonds. The van der Waals surface area contributed by atoms with Crippen LogP contribution >= 0.6 is 0 Å². The number of nitrogens with one attached hydrogen (secondary N) is 1. The first-order valence-electron chi connectivity index (χ1n) is 7.30. The SMILES string of the molecule is c1ccc2c(c1)OCC2CC1(CNC2CC2)CC1. The summed E-state index contributed by atoms with van der Waals surface area (Å²) in [4.78, 5) is 0.